The van der Waals surface area contributed by atoms with Crippen molar-refractivity contribution in [3.63, 3.8) is 0 Å². The Morgan fingerprint density at radius 1 is 1.64 bits per heavy atom. The number of nitrogens with zero attached hydrogens (tertiary/aromatic N) is 1. The van der Waals surface area contributed by atoms with Gasteiger partial charge in [0, 0.05) is 0 Å². The van der Waals surface area contributed by atoms with E-state index in [1.54, 1.807) is 6.26 Å². The number of piperidine rings is 1. The lowest BCUT2D eigenvalue weighted by Gasteiger charge is -2.35. The van der Waals surface area contributed by atoms with Gasteiger partial charge in [-0.25, -0.2) is 0 Å². The van der Waals surface area contributed by atoms with E-state index >= 15 is 0 Å². The molecule has 0 radical (unpaired) electrons. The maximum atomic E-state index is 5.72. The van der Waals surface area contributed by atoms with E-state index in [2.05, 4.69) is 18.0 Å². The van der Waals surface area contributed by atoms with Crippen LogP contribution in [0.4, 0.5) is 0 Å². The summed E-state index contributed by atoms with van der Waals surface area (Å²) in [5, 5.41) is 0. The van der Waals surface area contributed by atoms with Gasteiger partial charge >= 0.3 is 0 Å². The topological polar surface area (TPSA) is 42.4 Å². The van der Waals surface area contributed by atoms with Gasteiger partial charge in [-0.15, -0.1) is 0 Å². The van der Waals surface area contributed by atoms with Crippen LogP contribution in [0.1, 0.15) is 24.6 Å². The van der Waals surface area contributed by atoms with Gasteiger partial charge in [0.15, 0.2) is 0 Å². The lowest BCUT2D eigenvalue weighted by molar-refractivity contribution is 0.127. The Morgan fingerprint density at radius 2 is 2.50 bits per heavy atom. The highest BCUT2D eigenvalue weighted by atomic mass is 16.3. The standard InChI is InChI=1S/C11H18N2O/c1-13-5-4-9(8-12)7-10(13)11-3-2-6-14-11/h2-3,6,9-10H,4-5,7-8,12H2,1H3/t9-,10-/m1/s1. The van der Waals surface area contributed by atoms with E-state index < -0.39 is 0 Å². The Labute approximate surface area is 84.9 Å². The van der Waals surface area contributed by atoms with Crippen molar-refractivity contribution in [3.8, 4) is 0 Å². The second-order valence-electron chi connectivity index (χ2n) is 4.14. The van der Waals surface area contributed by atoms with E-state index in [4.69, 9.17) is 10.2 Å². The SMILES string of the molecule is CN1CC[C@@H](CN)C[C@@H]1c1ccco1. The molecule has 78 valence electrons. The zero-order valence-corrected chi connectivity index (χ0v) is 8.65. The molecular weight excluding hydrogens is 176 g/mol. The van der Waals surface area contributed by atoms with Crippen molar-refractivity contribution in [2.45, 2.75) is 18.9 Å². The van der Waals surface area contributed by atoms with Gasteiger partial charge < -0.3 is 10.2 Å². The van der Waals surface area contributed by atoms with Crippen molar-refractivity contribution in [1.82, 2.24) is 4.90 Å². The van der Waals surface area contributed by atoms with Crippen LogP contribution in [0.5, 0.6) is 0 Å². The van der Waals surface area contributed by atoms with E-state index in [0.29, 0.717) is 12.0 Å². The molecule has 1 aliphatic rings. The van der Waals surface area contributed by atoms with Crippen LogP contribution in [0, 0.1) is 5.92 Å². The minimum absolute atomic E-state index is 0.423. The molecule has 1 aromatic rings. The second-order valence-corrected chi connectivity index (χ2v) is 4.14. The fourth-order valence-electron chi connectivity index (χ4n) is 2.18. The van der Waals surface area contributed by atoms with Crippen molar-refractivity contribution in [2.75, 3.05) is 20.1 Å². The molecule has 14 heavy (non-hydrogen) atoms. The van der Waals surface area contributed by atoms with Gasteiger partial charge in [-0.05, 0) is 51.0 Å². The number of likely N-dealkylation sites (tertiary alicyclic amines) is 1. The van der Waals surface area contributed by atoms with Crippen LogP contribution < -0.4 is 5.73 Å². The summed E-state index contributed by atoms with van der Waals surface area (Å²) in [5.41, 5.74) is 5.72. The van der Waals surface area contributed by atoms with E-state index in [9.17, 15) is 0 Å². The van der Waals surface area contributed by atoms with Crippen LogP contribution in [0.15, 0.2) is 22.8 Å². The maximum absolute atomic E-state index is 5.72. The third kappa shape index (κ3) is 1.83. The van der Waals surface area contributed by atoms with Crippen molar-refractivity contribution in [1.29, 1.82) is 0 Å². The number of hydrogen-bond acceptors (Lipinski definition) is 3. The minimum Gasteiger partial charge on any atom is -0.468 e. The monoisotopic (exact) mass is 194 g/mol. The zero-order valence-electron chi connectivity index (χ0n) is 8.65. The smallest absolute Gasteiger partial charge is 0.120 e. The molecule has 2 rings (SSSR count). The zero-order chi connectivity index (χ0) is 9.97. The Kier molecular flexibility index (Phi) is 2.89. The van der Waals surface area contributed by atoms with Crippen molar-refractivity contribution < 1.29 is 4.42 Å². The molecule has 0 aromatic carbocycles. The molecule has 1 fully saturated rings. The van der Waals surface area contributed by atoms with Crippen molar-refractivity contribution in [2.24, 2.45) is 11.7 Å². The van der Waals surface area contributed by atoms with Crippen LogP contribution in [-0.4, -0.2) is 25.0 Å². The molecule has 1 saturated heterocycles. The fraction of sp³-hybridized carbons (Fsp3) is 0.636. The third-order valence-electron chi connectivity index (χ3n) is 3.18. The fourth-order valence-corrected chi connectivity index (χ4v) is 2.18. The first-order valence-corrected chi connectivity index (χ1v) is 5.25. The molecule has 0 saturated carbocycles. The van der Waals surface area contributed by atoms with Crippen molar-refractivity contribution in [3.05, 3.63) is 24.2 Å². The van der Waals surface area contributed by atoms with Gasteiger partial charge in [0.25, 0.3) is 0 Å². The van der Waals surface area contributed by atoms with Crippen LogP contribution in [-0.2, 0) is 0 Å². The third-order valence-corrected chi connectivity index (χ3v) is 3.18. The Bertz CT molecular complexity index is 271. The predicted octanol–water partition coefficient (Wildman–Crippen LogP) is 1.62. The van der Waals surface area contributed by atoms with Crippen molar-refractivity contribution >= 4 is 0 Å². The molecule has 0 spiro atoms. The first kappa shape index (κ1) is 9.74. The first-order chi connectivity index (χ1) is 6.81. The van der Waals surface area contributed by atoms with E-state index in [-0.39, 0.29) is 0 Å². The summed E-state index contributed by atoms with van der Waals surface area (Å²) in [4.78, 5) is 2.35. The Morgan fingerprint density at radius 3 is 3.14 bits per heavy atom. The summed E-state index contributed by atoms with van der Waals surface area (Å²) < 4.78 is 5.45. The van der Waals surface area contributed by atoms with Gasteiger partial charge in [0.05, 0.1) is 12.3 Å². The summed E-state index contributed by atoms with van der Waals surface area (Å²) >= 11 is 0. The average Bonchev–Trinajstić information content (AvgIpc) is 2.71. The summed E-state index contributed by atoms with van der Waals surface area (Å²) in [6, 6.07) is 4.43. The lowest BCUT2D eigenvalue weighted by Crippen LogP contribution is -2.36. The largest absolute Gasteiger partial charge is 0.468 e. The molecule has 0 bridgehead atoms. The van der Waals surface area contributed by atoms with Gasteiger partial charge in [0.2, 0.25) is 0 Å². The average molecular weight is 194 g/mol. The highest BCUT2D eigenvalue weighted by Crippen LogP contribution is 2.32. The molecule has 0 amide bonds. The summed E-state index contributed by atoms with van der Waals surface area (Å²) in [7, 11) is 2.15. The second kappa shape index (κ2) is 4.15. The Balaban J connectivity index is 2.09. The maximum Gasteiger partial charge on any atom is 0.120 e. The molecule has 0 aliphatic carbocycles. The molecule has 1 aromatic heterocycles. The molecule has 3 heteroatoms. The molecule has 3 nitrogen and oxygen atoms in total. The van der Waals surface area contributed by atoms with Crippen LogP contribution in [0.25, 0.3) is 0 Å². The highest BCUT2D eigenvalue weighted by molar-refractivity contribution is 5.06. The van der Waals surface area contributed by atoms with Gasteiger partial charge in [-0.1, -0.05) is 0 Å². The van der Waals surface area contributed by atoms with E-state index in [0.717, 1.165) is 25.3 Å². The van der Waals surface area contributed by atoms with Gasteiger partial charge in [-0.2, -0.15) is 0 Å². The molecule has 2 atom stereocenters. The molecule has 2 heterocycles. The molecule has 1 aliphatic heterocycles. The molecule has 0 unspecified atom stereocenters. The minimum atomic E-state index is 0.423. The molecule has 2 N–H and O–H groups in total. The Hall–Kier alpha value is -0.800. The van der Waals surface area contributed by atoms with E-state index in [1.165, 1.54) is 6.42 Å². The summed E-state index contributed by atoms with van der Waals surface area (Å²) in [5.74, 6) is 1.73. The van der Waals surface area contributed by atoms with E-state index in [1.807, 2.05) is 6.07 Å². The van der Waals surface area contributed by atoms with Crippen LogP contribution in [0.2, 0.25) is 0 Å². The normalized spacial score (nSPS) is 29.3. The summed E-state index contributed by atoms with van der Waals surface area (Å²) in [6.45, 7) is 1.91. The number of furan rings is 1. The first-order valence-electron chi connectivity index (χ1n) is 5.25. The highest BCUT2D eigenvalue weighted by Gasteiger charge is 2.27. The number of hydrogen-bond donors (Lipinski definition) is 1. The predicted molar refractivity (Wildman–Crippen MR) is 55.9 cm³/mol. The van der Waals surface area contributed by atoms with Gasteiger partial charge in [0.1, 0.15) is 5.76 Å². The van der Waals surface area contributed by atoms with Gasteiger partial charge in [-0.3, -0.25) is 4.90 Å². The number of nitrogens with two attached hydrogens (primary N) is 1. The summed E-state index contributed by atoms with van der Waals surface area (Å²) in [6.07, 6.45) is 4.08. The van der Waals surface area contributed by atoms with Crippen LogP contribution >= 0.6 is 0 Å². The quantitative estimate of drug-likeness (QED) is 0.778. The molecular formula is C11H18N2O. The lowest BCUT2D eigenvalue weighted by atomic mass is 9.90. The van der Waals surface area contributed by atoms with Crippen LogP contribution in [0.3, 0.4) is 0 Å². The number of rotatable bonds is 2.